The number of amides is 1. The molecular weight excluding hydrogens is 348 g/mol. The summed E-state index contributed by atoms with van der Waals surface area (Å²) >= 11 is 3.20. The summed E-state index contributed by atoms with van der Waals surface area (Å²) in [5.74, 6) is 1.73. The first kappa shape index (κ1) is 15.4. The monoisotopic (exact) mass is 366 g/mol. The summed E-state index contributed by atoms with van der Waals surface area (Å²) < 4.78 is 11.2. The maximum Gasteiger partial charge on any atom is 0.287 e. The van der Waals surface area contributed by atoms with Crippen molar-refractivity contribution in [3.8, 4) is 0 Å². The van der Waals surface area contributed by atoms with Gasteiger partial charge in [0.2, 0.25) is 0 Å². The van der Waals surface area contributed by atoms with Gasteiger partial charge in [-0.25, -0.2) is 0 Å². The van der Waals surface area contributed by atoms with Crippen molar-refractivity contribution in [3.63, 3.8) is 0 Å². The van der Waals surface area contributed by atoms with Crippen LogP contribution < -0.4 is 5.32 Å². The molecule has 1 aliphatic rings. The molecular formula is C16H19BrN2O3. The van der Waals surface area contributed by atoms with Crippen molar-refractivity contribution in [3.05, 3.63) is 46.7 Å². The Bertz CT molecular complexity index is 601. The number of carbonyl (C=O) groups is 1. The normalized spacial score (nSPS) is 16.8. The van der Waals surface area contributed by atoms with E-state index in [-0.39, 0.29) is 5.91 Å². The second-order valence-electron chi connectivity index (χ2n) is 5.61. The standard InChI is InChI=1S/C16H19BrN2O3/c17-15-4-3-14(22-15)16(20)18-10-12-5-7-19(8-6-12)11-13-2-1-9-21-13/h1-4,9,12H,5-8,10-11H2,(H,18,20). The average molecular weight is 367 g/mol. The van der Waals surface area contributed by atoms with Crippen LogP contribution >= 0.6 is 15.9 Å². The molecule has 6 heteroatoms. The maximum absolute atomic E-state index is 11.9. The SMILES string of the molecule is O=C(NCC1CCN(Cc2ccco2)CC1)c1ccc(Br)o1. The lowest BCUT2D eigenvalue weighted by Crippen LogP contribution is -2.38. The lowest BCUT2D eigenvalue weighted by molar-refractivity contribution is 0.0905. The molecule has 0 aromatic carbocycles. The smallest absolute Gasteiger partial charge is 0.287 e. The summed E-state index contributed by atoms with van der Waals surface area (Å²) in [6.45, 7) is 3.64. The minimum Gasteiger partial charge on any atom is -0.468 e. The molecule has 2 aromatic heterocycles. The van der Waals surface area contributed by atoms with E-state index in [4.69, 9.17) is 8.83 Å². The Morgan fingerprint density at radius 1 is 1.32 bits per heavy atom. The van der Waals surface area contributed by atoms with Crippen molar-refractivity contribution in [2.24, 2.45) is 5.92 Å². The Hall–Kier alpha value is -1.53. The van der Waals surface area contributed by atoms with E-state index >= 15 is 0 Å². The van der Waals surface area contributed by atoms with Crippen molar-refractivity contribution in [1.82, 2.24) is 10.2 Å². The molecule has 1 N–H and O–H groups in total. The van der Waals surface area contributed by atoms with E-state index in [1.807, 2.05) is 12.1 Å². The van der Waals surface area contributed by atoms with E-state index < -0.39 is 0 Å². The predicted octanol–water partition coefficient (Wildman–Crippen LogP) is 3.28. The van der Waals surface area contributed by atoms with Crippen LogP contribution in [0, 0.1) is 5.92 Å². The molecule has 0 radical (unpaired) electrons. The van der Waals surface area contributed by atoms with Gasteiger partial charge in [0.15, 0.2) is 10.4 Å². The van der Waals surface area contributed by atoms with Gasteiger partial charge in [-0.3, -0.25) is 9.69 Å². The summed E-state index contributed by atoms with van der Waals surface area (Å²) in [5.41, 5.74) is 0. The van der Waals surface area contributed by atoms with Crippen LogP contribution in [0.4, 0.5) is 0 Å². The quantitative estimate of drug-likeness (QED) is 0.881. The largest absolute Gasteiger partial charge is 0.468 e. The van der Waals surface area contributed by atoms with Crippen molar-refractivity contribution < 1.29 is 13.6 Å². The minimum absolute atomic E-state index is 0.149. The summed E-state index contributed by atoms with van der Waals surface area (Å²) in [4.78, 5) is 14.3. The molecule has 3 heterocycles. The zero-order valence-corrected chi connectivity index (χ0v) is 13.8. The van der Waals surface area contributed by atoms with Crippen LogP contribution in [0.5, 0.6) is 0 Å². The molecule has 0 saturated carbocycles. The van der Waals surface area contributed by atoms with Crippen LogP contribution in [0.1, 0.15) is 29.2 Å². The molecule has 0 atom stereocenters. The van der Waals surface area contributed by atoms with E-state index in [9.17, 15) is 4.79 Å². The van der Waals surface area contributed by atoms with Crippen molar-refractivity contribution in [2.45, 2.75) is 19.4 Å². The molecule has 2 aromatic rings. The van der Waals surface area contributed by atoms with E-state index in [1.165, 1.54) is 0 Å². The second-order valence-corrected chi connectivity index (χ2v) is 6.39. The van der Waals surface area contributed by atoms with Crippen LogP contribution in [-0.4, -0.2) is 30.4 Å². The molecule has 3 rings (SSSR count). The molecule has 1 aliphatic heterocycles. The molecule has 118 valence electrons. The average Bonchev–Trinajstić information content (AvgIpc) is 3.18. The van der Waals surface area contributed by atoms with Crippen molar-refractivity contribution in [2.75, 3.05) is 19.6 Å². The van der Waals surface area contributed by atoms with Gasteiger partial charge in [0.1, 0.15) is 5.76 Å². The first-order chi connectivity index (χ1) is 10.7. The van der Waals surface area contributed by atoms with Crippen LogP contribution in [0.25, 0.3) is 0 Å². The molecule has 0 bridgehead atoms. The van der Waals surface area contributed by atoms with E-state index in [2.05, 4.69) is 26.1 Å². The zero-order valence-electron chi connectivity index (χ0n) is 12.3. The number of hydrogen-bond acceptors (Lipinski definition) is 4. The van der Waals surface area contributed by atoms with Crippen LogP contribution in [0.15, 0.2) is 44.0 Å². The number of hydrogen-bond donors (Lipinski definition) is 1. The summed E-state index contributed by atoms with van der Waals surface area (Å²) in [6.07, 6.45) is 3.89. The van der Waals surface area contributed by atoms with Crippen LogP contribution in [0.3, 0.4) is 0 Å². The van der Waals surface area contributed by atoms with Gasteiger partial charge < -0.3 is 14.2 Å². The fourth-order valence-electron chi connectivity index (χ4n) is 2.73. The molecule has 22 heavy (non-hydrogen) atoms. The van der Waals surface area contributed by atoms with E-state index in [0.717, 1.165) is 38.2 Å². The molecule has 0 unspecified atom stereocenters. The Kier molecular flexibility index (Phi) is 5.00. The van der Waals surface area contributed by atoms with Gasteiger partial charge in [-0.15, -0.1) is 0 Å². The molecule has 0 aliphatic carbocycles. The third-order valence-electron chi connectivity index (χ3n) is 4.01. The molecule has 0 spiro atoms. The lowest BCUT2D eigenvalue weighted by Gasteiger charge is -2.31. The van der Waals surface area contributed by atoms with Gasteiger partial charge in [0.05, 0.1) is 12.8 Å². The highest BCUT2D eigenvalue weighted by Crippen LogP contribution is 2.19. The van der Waals surface area contributed by atoms with Crippen LogP contribution in [0.2, 0.25) is 0 Å². The Morgan fingerprint density at radius 2 is 2.14 bits per heavy atom. The number of piperidine rings is 1. The highest BCUT2D eigenvalue weighted by molar-refractivity contribution is 9.10. The minimum atomic E-state index is -0.149. The fourth-order valence-corrected chi connectivity index (χ4v) is 3.04. The third-order valence-corrected chi connectivity index (χ3v) is 4.44. The number of furan rings is 2. The van der Waals surface area contributed by atoms with Gasteiger partial charge in [0.25, 0.3) is 5.91 Å². The predicted molar refractivity (Wildman–Crippen MR) is 85.5 cm³/mol. The number of nitrogens with one attached hydrogen (secondary N) is 1. The molecule has 1 amide bonds. The Labute approximate surface area is 137 Å². The number of carbonyl (C=O) groups excluding carboxylic acids is 1. The van der Waals surface area contributed by atoms with E-state index in [1.54, 1.807) is 18.4 Å². The van der Waals surface area contributed by atoms with Gasteiger partial charge in [-0.2, -0.15) is 0 Å². The third kappa shape index (κ3) is 4.01. The van der Waals surface area contributed by atoms with Crippen LogP contribution in [-0.2, 0) is 6.54 Å². The highest BCUT2D eigenvalue weighted by atomic mass is 79.9. The van der Waals surface area contributed by atoms with Crippen molar-refractivity contribution in [1.29, 1.82) is 0 Å². The lowest BCUT2D eigenvalue weighted by atomic mass is 9.96. The molecule has 1 fully saturated rings. The number of nitrogens with zero attached hydrogens (tertiary/aromatic N) is 1. The van der Waals surface area contributed by atoms with Crippen molar-refractivity contribution >= 4 is 21.8 Å². The summed E-state index contributed by atoms with van der Waals surface area (Å²) in [5, 5.41) is 2.95. The Balaban J connectivity index is 1.39. The van der Waals surface area contributed by atoms with Gasteiger partial charge in [0, 0.05) is 6.54 Å². The summed E-state index contributed by atoms with van der Waals surface area (Å²) in [7, 11) is 0. The molecule has 1 saturated heterocycles. The number of rotatable bonds is 5. The second kappa shape index (κ2) is 7.15. The van der Waals surface area contributed by atoms with Gasteiger partial charge in [-0.1, -0.05) is 0 Å². The number of likely N-dealkylation sites (tertiary alicyclic amines) is 1. The van der Waals surface area contributed by atoms with Gasteiger partial charge in [-0.05, 0) is 72.0 Å². The van der Waals surface area contributed by atoms with E-state index in [0.29, 0.717) is 22.9 Å². The first-order valence-electron chi connectivity index (χ1n) is 7.49. The highest BCUT2D eigenvalue weighted by Gasteiger charge is 2.21. The summed E-state index contributed by atoms with van der Waals surface area (Å²) in [6, 6.07) is 7.33. The zero-order chi connectivity index (χ0) is 15.4. The Morgan fingerprint density at radius 3 is 2.77 bits per heavy atom. The number of halogens is 1. The topological polar surface area (TPSA) is 58.6 Å². The maximum atomic E-state index is 11.9. The first-order valence-corrected chi connectivity index (χ1v) is 8.28. The van der Waals surface area contributed by atoms with Gasteiger partial charge >= 0.3 is 0 Å². The fraction of sp³-hybridized carbons (Fsp3) is 0.438. The molecule has 5 nitrogen and oxygen atoms in total.